The molecule has 1 heterocycles. The molecule has 1 aromatic heterocycles. The number of hydrogen-bond donors (Lipinski definition) is 1. The number of aromatic nitrogens is 3. The van der Waals surface area contributed by atoms with E-state index in [2.05, 4.69) is 31.3 Å². The summed E-state index contributed by atoms with van der Waals surface area (Å²) in [4.78, 5) is 0. The molecule has 0 aliphatic rings. The zero-order valence-electron chi connectivity index (χ0n) is 7.03. The van der Waals surface area contributed by atoms with Crippen LogP contribution in [0.5, 0.6) is 0 Å². The van der Waals surface area contributed by atoms with Crippen LogP contribution in [-0.4, -0.2) is 15.4 Å². The molecule has 0 amide bonds. The van der Waals surface area contributed by atoms with E-state index in [1.54, 1.807) is 0 Å². The maximum atomic E-state index is 8.77. The van der Waals surface area contributed by atoms with Gasteiger partial charge < -0.3 is 0 Å². The van der Waals surface area contributed by atoms with Crippen molar-refractivity contribution in [2.45, 2.75) is 0 Å². The average Bonchev–Trinajstić information content (AvgIpc) is 2.66. The van der Waals surface area contributed by atoms with E-state index in [-0.39, 0.29) is 0 Å². The van der Waals surface area contributed by atoms with Crippen molar-refractivity contribution in [1.82, 2.24) is 15.4 Å². The van der Waals surface area contributed by atoms with Gasteiger partial charge in [0, 0.05) is 10.0 Å². The molecule has 1 N–H and O–H groups in total. The molecule has 0 unspecified atom stereocenters. The average molecular weight is 249 g/mol. The molecule has 0 fully saturated rings. The zero-order valence-corrected chi connectivity index (χ0v) is 8.62. The van der Waals surface area contributed by atoms with E-state index in [0.717, 1.165) is 10.0 Å². The van der Waals surface area contributed by atoms with Crippen LogP contribution in [0.1, 0.15) is 5.69 Å². The van der Waals surface area contributed by atoms with Crippen LogP contribution < -0.4 is 0 Å². The lowest BCUT2D eigenvalue weighted by molar-refractivity contribution is 0.937. The first-order chi connectivity index (χ1) is 6.83. The van der Waals surface area contributed by atoms with E-state index >= 15 is 0 Å². The minimum Gasteiger partial charge on any atom is -0.196 e. The Labute approximate surface area is 88.7 Å². The molecule has 4 nitrogen and oxygen atoms in total. The van der Waals surface area contributed by atoms with Crippen molar-refractivity contribution < 1.29 is 0 Å². The smallest absolute Gasteiger partial charge is 0.190 e. The van der Waals surface area contributed by atoms with Crippen LogP contribution in [0.2, 0.25) is 0 Å². The fraction of sp³-hybridized carbons (Fsp3) is 0. The van der Waals surface area contributed by atoms with Crippen molar-refractivity contribution in [1.29, 1.82) is 5.26 Å². The molecule has 0 saturated heterocycles. The Morgan fingerprint density at radius 2 is 2.07 bits per heavy atom. The highest BCUT2D eigenvalue weighted by Gasteiger charge is 2.11. The standard InChI is InChI=1S/C9H5BrN4/c10-7-4-2-1-3-6(7)9-8(5-11)12-14-13-9/h1-4H,(H,12,13,14). The molecule has 1 aromatic carbocycles. The molecule has 0 aliphatic heterocycles. The van der Waals surface area contributed by atoms with Gasteiger partial charge in [-0.3, -0.25) is 0 Å². The maximum Gasteiger partial charge on any atom is 0.190 e. The lowest BCUT2D eigenvalue weighted by atomic mass is 10.1. The van der Waals surface area contributed by atoms with Crippen molar-refractivity contribution in [3.8, 4) is 17.3 Å². The Morgan fingerprint density at radius 3 is 2.79 bits per heavy atom. The fourth-order valence-corrected chi connectivity index (χ4v) is 1.62. The highest BCUT2D eigenvalue weighted by Crippen LogP contribution is 2.27. The lowest BCUT2D eigenvalue weighted by Gasteiger charge is -1.98. The Hall–Kier alpha value is -1.67. The SMILES string of the molecule is N#Cc1n[nH]nc1-c1ccccc1Br. The molecule has 0 aliphatic carbocycles. The summed E-state index contributed by atoms with van der Waals surface area (Å²) in [5, 5.41) is 18.9. The van der Waals surface area contributed by atoms with Gasteiger partial charge in [0.05, 0.1) is 0 Å². The highest BCUT2D eigenvalue weighted by atomic mass is 79.9. The molecule has 0 atom stereocenters. The van der Waals surface area contributed by atoms with Crippen LogP contribution in [0, 0.1) is 11.3 Å². The lowest BCUT2D eigenvalue weighted by Crippen LogP contribution is -1.83. The number of halogens is 1. The summed E-state index contributed by atoms with van der Waals surface area (Å²) in [6.45, 7) is 0. The van der Waals surface area contributed by atoms with Crippen LogP contribution in [0.15, 0.2) is 28.7 Å². The van der Waals surface area contributed by atoms with E-state index < -0.39 is 0 Å². The number of nitrogens with one attached hydrogen (secondary N) is 1. The summed E-state index contributed by atoms with van der Waals surface area (Å²) >= 11 is 3.39. The minimum absolute atomic E-state index is 0.303. The molecule has 0 radical (unpaired) electrons. The first kappa shape index (κ1) is 8.91. The molecule has 68 valence electrons. The van der Waals surface area contributed by atoms with Gasteiger partial charge in [0.2, 0.25) is 0 Å². The number of aromatic amines is 1. The molecule has 2 rings (SSSR count). The summed E-state index contributed by atoms with van der Waals surface area (Å²) < 4.78 is 0.894. The molecule has 0 spiro atoms. The monoisotopic (exact) mass is 248 g/mol. The van der Waals surface area contributed by atoms with Crippen molar-refractivity contribution in [2.75, 3.05) is 0 Å². The minimum atomic E-state index is 0.303. The van der Waals surface area contributed by atoms with Crippen molar-refractivity contribution in [2.24, 2.45) is 0 Å². The van der Waals surface area contributed by atoms with E-state index in [0.29, 0.717) is 11.4 Å². The van der Waals surface area contributed by atoms with Crippen LogP contribution in [-0.2, 0) is 0 Å². The van der Waals surface area contributed by atoms with Gasteiger partial charge in [0.15, 0.2) is 5.69 Å². The molecular weight excluding hydrogens is 244 g/mol. The van der Waals surface area contributed by atoms with Gasteiger partial charge in [0.1, 0.15) is 11.8 Å². The first-order valence-corrected chi connectivity index (χ1v) is 4.68. The van der Waals surface area contributed by atoms with Crippen LogP contribution in [0.25, 0.3) is 11.3 Å². The Balaban J connectivity index is 2.62. The van der Waals surface area contributed by atoms with E-state index in [9.17, 15) is 0 Å². The molecular formula is C9H5BrN4. The van der Waals surface area contributed by atoms with E-state index in [1.165, 1.54) is 0 Å². The summed E-state index contributed by atoms with van der Waals surface area (Å²) in [5.41, 5.74) is 1.73. The highest BCUT2D eigenvalue weighted by molar-refractivity contribution is 9.10. The zero-order chi connectivity index (χ0) is 9.97. The third-order valence-corrected chi connectivity index (χ3v) is 2.47. The second-order valence-electron chi connectivity index (χ2n) is 2.61. The maximum absolute atomic E-state index is 8.77. The van der Waals surface area contributed by atoms with Gasteiger partial charge in [-0.05, 0) is 6.07 Å². The molecule has 0 saturated carbocycles. The Bertz CT molecular complexity index is 498. The summed E-state index contributed by atoms with van der Waals surface area (Å²) in [5.74, 6) is 0. The molecule has 0 bridgehead atoms. The normalized spacial score (nSPS) is 9.71. The second-order valence-corrected chi connectivity index (χ2v) is 3.47. The first-order valence-electron chi connectivity index (χ1n) is 3.88. The predicted octanol–water partition coefficient (Wildman–Crippen LogP) is 2.11. The summed E-state index contributed by atoms with van der Waals surface area (Å²) in [6.07, 6.45) is 0. The van der Waals surface area contributed by atoms with Crippen molar-refractivity contribution in [3.63, 3.8) is 0 Å². The number of benzene rings is 1. The van der Waals surface area contributed by atoms with Crippen molar-refractivity contribution >= 4 is 15.9 Å². The Kier molecular flexibility index (Phi) is 2.29. The topological polar surface area (TPSA) is 65.4 Å². The van der Waals surface area contributed by atoms with E-state index in [4.69, 9.17) is 5.26 Å². The number of H-pyrrole nitrogens is 1. The van der Waals surface area contributed by atoms with Crippen LogP contribution in [0.4, 0.5) is 0 Å². The number of hydrogen-bond acceptors (Lipinski definition) is 3. The van der Waals surface area contributed by atoms with Crippen LogP contribution in [0.3, 0.4) is 0 Å². The van der Waals surface area contributed by atoms with Gasteiger partial charge in [0.25, 0.3) is 0 Å². The van der Waals surface area contributed by atoms with Gasteiger partial charge in [-0.2, -0.15) is 15.6 Å². The van der Waals surface area contributed by atoms with Gasteiger partial charge in [-0.1, -0.05) is 34.1 Å². The number of nitrogens with zero attached hydrogens (tertiary/aromatic N) is 3. The molecule has 5 heteroatoms. The molecule has 14 heavy (non-hydrogen) atoms. The molecule has 2 aromatic rings. The van der Waals surface area contributed by atoms with Gasteiger partial charge in [-0.25, -0.2) is 0 Å². The number of rotatable bonds is 1. The summed E-state index contributed by atoms with van der Waals surface area (Å²) in [6, 6.07) is 9.53. The second kappa shape index (κ2) is 3.60. The third kappa shape index (κ3) is 1.40. The fourth-order valence-electron chi connectivity index (χ4n) is 1.15. The van der Waals surface area contributed by atoms with Crippen LogP contribution >= 0.6 is 15.9 Å². The van der Waals surface area contributed by atoms with Gasteiger partial charge in [-0.15, -0.1) is 5.10 Å². The predicted molar refractivity (Wildman–Crippen MR) is 54.2 cm³/mol. The van der Waals surface area contributed by atoms with Gasteiger partial charge >= 0.3 is 0 Å². The number of nitriles is 1. The Morgan fingerprint density at radius 1 is 1.29 bits per heavy atom. The van der Waals surface area contributed by atoms with E-state index in [1.807, 2.05) is 30.3 Å². The largest absolute Gasteiger partial charge is 0.196 e. The third-order valence-electron chi connectivity index (χ3n) is 1.78. The summed E-state index contributed by atoms with van der Waals surface area (Å²) in [7, 11) is 0. The quantitative estimate of drug-likeness (QED) is 0.841. The van der Waals surface area contributed by atoms with Crippen molar-refractivity contribution in [3.05, 3.63) is 34.4 Å².